The normalized spacial score (nSPS) is 16.5. The molecule has 1 fully saturated rings. The molecule has 0 spiro atoms. The van der Waals surface area contributed by atoms with Gasteiger partial charge in [-0.1, -0.05) is 0 Å². The maximum atomic E-state index is 14.2. The Hall–Kier alpha value is -1.24. The fraction of sp³-hybridized carbons (Fsp3) is 0.600. The van der Waals surface area contributed by atoms with Crippen molar-refractivity contribution in [1.29, 1.82) is 0 Å². The summed E-state index contributed by atoms with van der Waals surface area (Å²) in [5.74, 6) is -1.09. The number of nitrogens with one attached hydrogen (secondary N) is 1. The van der Waals surface area contributed by atoms with Crippen LogP contribution in [-0.4, -0.2) is 44.6 Å². The van der Waals surface area contributed by atoms with E-state index in [2.05, 4.69) is 5.32 Å². The second-order valence-electron chi connectivity index (χ2n) is 5.30. The lowest BCUT2D eigenvalue weighted by Gasteiger charge is -2.32. The third-order valence-electron chi connectivity index (χ3n) is 3.67. The molecule has 0 atom stereocenters. The highest BCUT2D eigenvalue weighted by Gasteiger charge is 2.23. The van der Waals surface area contributed by atoms with Gasteiger partial charge in [-0.2, -0.15) is 0 Å². The summed E-state index contributed by atoms with van der Waals surface area (Å²) in [6.45, 7) is 2.53. The van der Waals surface area contributed by atoms with Crippen LogP contribution in [0.15, 0.2) is 12.1 Å². The maximum Gasteiger partial charge on any atom is 0.149 e. The summed E-state index contributed by atoms with van der Waals surface area (Å²) >= 11 is 0. The molecule has 21 heavy (non-hydrogen) atoms. The predicted molar refractivity (Wildman–Crippen MR) is 77.4 cm³/mol. The van der Waals surface area contributed by atoms with Crippen molar-refractivity contribution in [2.45, 2.75) is 25.5 Å². The molecule has 1 aromatic carbocycles. The van der Waals surface area contributed by atoms with E-state index in [1.165, 1.54) is 12.1 Å². The monoisotopic (exact) mass is 300 g/mol. The standard InChI is InChI=1S/C15H22F2N2O2/c1-21-7-4-18-10-11-8-13(16)15(14(17)9-11)19-5-2-12(20)3-6-19/h8-9,12,18,20H,2-7,10H2,1H3. The molecular weight excluding hydrogens is 278 g/mol. The molecule has 0 unspecified atom stereocenters. The van der Waals surface area contributed by atoms with E-state index in [0.717, 1.165) is 0 Å². The lowest BCUT2D eigenvalue weighted by molar-refractivity contribution is 0.145. The zero-order valence-corrected chi connectivity index (χ0v) is 12.2. The third kappa shape index (κ3) is 4.36. The van der Waals surface area contributed by atoms with Crippen molar-refractivity contribution in [3.63, 3.8) is 0 Å². The highest BCUT2D eigenvalue weighted by Crippen LogP contribution is 2.27. The van der Waals surface area contributed by atoms with Gasteiger partial charge >= 0.3 is 0 Å². The number of rotatable bonds is 6. The average molecular weight is 300 g/mol. The molecule has 0 bridgehead atoms. The molecular formula is C15H22F2N2O2. The Morgan fingerprint density at radius 2 is 1.90 bits per heavy atom. The van der Waals surface area contributed by atoms with Gasteiger partial charge in [0.1, 0.15) is 17.3 Å². The van der Waals surface area contributed by atoms with E-state index in [1.54, 1.807) is 12.0 Å². The van der Waals surface area contributed by atoms with Crippen LogP contribution in [0.2, 0.25) is 0 Å². The van der Waals surface area contributed by atoms with Gasteiger partial charge in [-0.15, -0.1) is 0 Å². The number of piperidine rings is 1. The molecule has 0 aliphatic carbocycles. The summed E-state index contributed by atoms with van der Waals surface area (Å²) in [4.78, 5) is 1.67. The fourth-order valence-electron chi connectivity index (χ4n) is 2.52. The van der Waals surface area contributed by atoms with Crippen LogP contribution in [0.1, 0.15) is 18.4 Å². The number of anilines is 1. The van der Waals surface area contributed by atoms with E-state index in [9.17, 15) is 13.9 Å². The number of hydrogen-bond donors (Lipinski definition) is 2. The first-order valence-electron chi connectivity index (χ1n) is 7.22. The maximum absolute atomic E-state index is 14.2. The first-order chi connectivity index (χ1) is 10.1. The van der Waals surface area contributed by atoms with Crippen LogP contribution in [0.5, 0.6) is 0 Å². The summed E-state index contributed by atoms with van der Waals surface area (Å²) in [5, 5.41) is 12.5. The molecule has 2 N–H and O–H groups in total. The molecule has 1 heterocycles. The number of halogens is 2. The van der Waals surface area contributed by atoms with Gasteiger partial charge in [-0.25, -0.2) is 8.78 Å². The van der Waals surface area contributed by atoms with Crippen molar-refractivity contribution >= 4 is 5.69 Å². The zero-order valence-electron chi connectivity index (χ0n) is 12.2. The van der Waals surface area contributed by atoms with Crippen molar-refractivity contribution in [1.82, 2.24) is 5.32 Å². The molecule has 0 aromatic heterocycles. The van der Waals surface area contributed by atoms with E-state index >= 15 is 0 Å². The number of methoxy groups -OCH3 is 1. The summed E-state index contributed by atoms with van der Waals surface area (Å²) in [6, 6.07) is 2.73. The Bertz CT molecular complexity index is 440. The van der Waals surface area contributed by atoms with Crippen LogP contribution in [0.25, 0.3) is 0 Å². The molecule has 0 saturated carbocycles. The fourth-order valence-corrected chi connectivity index (χ4v) is 2.52. The molecule has 1 aliphatic heterocycles. The molecule has 118 valence electrons. The van der Waals surface area contributed by atoms with Gasteiger partial charge in [0.05, 0.1) is 12.7 Å². The lowest BCUT2D eigenvalue weighted by Crippen LogP contribution is -2.37. The quantitative estimate of drug-likeness (QED) is 0.784. The second kappa shape index (κ2) is 7.68. The van der Waals surface area contributed by atoms with E-state index in [0.29, 0.717) is 51.2 Å². The predicted octanol–water partition coefficient (Wildman–Crippen LogP) is 1.66. The van der Waals surface area contributed by atoms with Gasteiger partial charge < -0.3 is 20.1 Å². The second-order valence-corrected chi connectivity index (χ2v) is 5.30. The van der Waals surface area contributed by atoms with Crippen molar-refractivity contribution in [3.8, 4) is 0 Å². The number of hydrogen-bond acceptors (Lipinski definition) is 4. The Morgan fingerprint density at radius 1 is 1.29 bits per heavy atom. The topological polar surface area (TPSA) is 44.7 Å². The highest BCUT2D eigenvalue weighted by molar-refractivity contribution is 5.51. The van der Waals surface area contributed by atoms with Crippen molar-refractivity contribution < 1.29 is 18.6 Å². The van der Waals surface area contributed by atoms with E-state index < -0.39 is 11.6 Å². The number of aliphatic hydroxyl groups is 1. The molecule has 2 rings (SSSR count). The van der Waals surface area contributed by atoms with Crippen LogP contribution in [-0.2, 0) is 11.3 Å². The average Bonchev–Trinajstić information content (AvgIpc) is 2.45. The molecule has 1 saturated heterocycles. The molecule has 6 heteroatoms. The Balaban J connectivity index is 2.03. The van der Waals surface area contributed by atoms with Gasteiger partial charge in [-0.3, -0.25) is 0 Å². The van der Waals surface area contributed by atoms with Crippen molar-refractivity contribution in [3.05, 3.63) is 29.3 Å². The minimum atomic E-state index is -0.546. The number of benzene rings is 1. The Labute approximate surface area is 123 Å². The van der Waals surface area contributed by atoms with E-state index in [-0.39, 0.29) is 11.8 Å². The van der Waals surface area contributed by atoms with Gasteiger partial charge in [0.15, 0.2) is 0 Å². The number of aliphatic hydroxyl groups excluding tert-OH is 1. The molecule has 1 aromatic rings. The summed E-state index contributed by atoms with van der Waals surface area (Å²) in [5.41, 5.74) is 0.587. The molecule has 4 nitrogen and oxygen atoms in total. The van der Waals surface area contributed by atoms with E-state index in [4.69, 9.17) is 4.74 Å². The number of ether oxygens (including phenoxy) is 1. The highest BCUT2D eigenvalue weighted by atomic mass is 19.1. The largest absolute Gasteiger partial charge is 0.393 e. The van der Waals surface area contributed by atoms with E-state index in [1.807, 2.05) is 0 Å². The van der Waals surface area contributed by atoms with Gasteiger partial charge in [0, 0.05) is 33.3 Å². The first kappa shape index (κ1) is 16.1. The van der Waals surface area contributed by atoms with Gasteiger partial charge in [0.25, 0.3) is 0 Å². The molecule has 0 radical (unpaired) electrons. The zero-order chi connectivity index (χ0) is 15.2. The Morgan fingerprint density at radius 3 is 2.48 bits per heavy atom. The molecule has 0 amide bonds. The SMILES string of the molecule is COCCNCc1cc(F)c(N2CCC(O)CC2)c(F)c1. The van der Waals surface area contributed by atoms with Crippen molar-refractivity contribution in [2.75, 3.05) is 38.3 Å². The van der Waals surface area contributed by atoms with Gasteiger partial charge in [-0.05, 0) is 30.5 Å². The van der Waals surface area contributed by atoms with Crippen molar-refractivity contribution in [2.24, 2.45) is 0 Å². The minimum Gasteiger partial charge on any atom is -0.393 e. The lowest BCUT2D eigenvalue weighted by atomic mass is 10.1. The third-order valence-corrected chi connectivity index (χ3v) is 3.67. The van der Waals surface area contributed by atoms with Crippen LogP contribution < -0.4 is 10.2 Å². The van der Waals surface area contributed by atoms with Crippen LogP contribution in [0, 0.1) is 11.6 Å². The van der Waals surface area contributed by atoms with Crippen LogP contribution in [0.4, 0.5) is 14.5 Å². The summed E-state index contributed by atoms with van der Waals surface area (Å²) < 4.78 is 33.2. The summed E-state index contributed by atoms with van der Waals surface area (Å²) in [6.07, 6.45) is 0.718. The summed E-state index contributed by atoms with van der Waals surface area (Å²) in [7, 11) is 1.60. The number of nitrogens with zero attached hydrogens (tertiary/aromatic N) is 1. The first-order valence-corrected chi connectivity index (χ1v) is 7.22. The Kier molecular flexibility index (Phi) is 5.90. The minimum absolute atomic E-state index is 0.0162. The van der Waals surface area contributed by atoms with Crippen LogP contribution in [0.3, 0.4) is 0 Å². The van der Waals surface area contributed by atoms with Crippen LogP contribution >= 0.6 is 0 Å². The van der Waals surface area contributed by atoms with Gasteiger partial charge in [0.2, 0.25) is 0 Å². The smallest absolute Gasteiger partial charge is 0.149 e. The molecule has 1 aliphatic rings.